The lowest BCUT2D eigenvalue weighted by Crippen LogP contribution is -2.38. The molecule has 42 heavy (non-hydrogen) atoms. The van der Waals surface area contributed by atoms with Crippen molar-refractivity contribution in [3.8, 4) is 23.1 Å². The number of benzene rings is 2. The normalized spacial score (nSPS) is 16.6. The Kier molecular flexibility index (Phi) is 10.5. The highest BCUT2D eigenvalue weighted by Gasteiger charge is 2.18. The molecule has 0 bridgehead atoms. The average molecular weight is 592 g/mol. The zero-order valence-electron chi connectivity index (χ0n) is 23.7. The number of nitrogens with one attached hydrogen (secondary N) is 1. The van der Waals surface area contributed by atoms with Gasteiger partial charge in [-0.3, -0.25) is 4.90 Å². The van der Waals surface area contributed by atoms with Crippen LogP contribution in [0.5, 0.6) is 5.75 Å². The van der Waals surface area contributed by atoms with Gasteiger partial charge in [-0.25, -0.2) is 23.1 Å². The Morgan fingerprint density at radius 1 is 1.00 bits per heavy atom. The molecule has 0 atom stereocenters. The fourth-order valence-corrected chi connectivity index (χ4v) is 6.25. The van der Waals surface area contributed by atoms with Crippen molar-refractivity contribution >= 4 is 10.0 Å². The molecule has 1 aromatic heterocycles. The molecule has 222 valence electrons. The summed E-state index contributed by atoms with van der Waals surface area (Å²) in [6.07, 6.45) is 4.65. The molecule has 11 heteroatoms. The topological polar surface area (TPSA) is 127 Å². The third-order valence-electron chi connectivity index (χ3n) is 7.38. The van der Waals surface area contributed by atoms with Crippen LogP contribution >= 0.6 is 0 Å². The highest BCUT2D eigenvalue weighted by atomic mass is 32.2. The second-order valence-corrected chi connectivity index (χ2v) is 12.4. The van der Waals surface area contributed by atoms with Crippen molar-refractivity contribution in [1.29, 1.82) is 5.26 Å². The molecule has 0 amide bonds. The standard InChI is InChI=1S/C31H37N5O5S/c32-22-27-21-26(6-7-30(27)41-28-9-16-39-17-10-28)29-8-12-33-31(35-29)20-24-2-4-25(5-3-24)23-42(37,38)34-11-1-13-36-14-18-40-19-15-36/h2-8,12,21,28,34H,1,9-11,13-20,23H2. The maximum absolute atomic E-state index is 12.6. The first-order chi connectivity index (χ1) is 20.5. The van der Waals surface area contributed by atoms with Crippen LogP contribution in [0.4, 0.5) is 0 Å². The Morgan fingerprint density at radius 2 is 1.74 bits per heavy atom. The molecule has 0 spiro atoms. The van der Waals surface area contributed by atoms with E-state index in [2.05, 4.69) is 20.7 Å². The molecule has 10 nitrogen and oxygen atoms in total. The number of hydrogen-bond donors (Lipinski definition) is 1. The molecular formula is C31H37N5O5S. The van der Waals surface area contributed by atoms with E-state index >= 15 is 0 Å². The summed E-state index contributed by atoms with van der Waals surface area (Å²) in [5, 5.41) is 9.73. The molecule has 1 N–H and O–H groups in total. The summed E-state index contributed by atoms with van der Waals surface area (Å²) in [4.78, 5) is 11.4. The van der Waals surface area contributed by atoms with Crippen LogP contribution in [0, 0.1) is 11.3 Å². The molecular weight excluding hydrogens is 554 g/mol. The number of rotatable bonds is 12. The Morgan fingerprint density at radius 3 is 2.50 bits per heavy atom. The van der Waals surface area contributed by atoms with Crippen LogP contribution in [-0.2, 0) is 31.7 Å². The van der Waals surface area contributed by atoms with E-state index in [1.165, 1.54) is 0 Å². The lowest BCUT2D eigenvalue weighted by atomic mass is 10.1. The maximum Gasteiger partial charge on any atom is 0.215 e. The second kappa shape index (κ2) is 14.7. The third kappa shape index (κ3) is 8.80. The van der Waals surface area contributed by atoms with Crippen molar-refractivity contribution in [2.75, 3.05) is 52.6 Å². The minimum absolute atomic E-state index is 0.0516. The number of sulfonamides is 1. The van der Waals surface area contributed by atoms with E-state index in [0.717, 1.165) is 74.5 Å². The van der Waals surface area contributed by atoms with Gasteiger partial charge >= 0.3 is 0 Å². The van der Waals surface area contributed by atoms with Crippen molar-refractivity contribution < 1.29 is 22.6 Å². The van der Waals surface area contributed by atoms with Gasteiger partial charge in [-0.15, -0.1) is 0 Å². The lowest BCUT2D eigenvalue weighted by molar-refractivity contribution is 0.0254. The Balaban J connectivity index is 1.15. The minimum atomic E-state index is -3.42. The highest BCUT2D eigenvalue weighted by Crippen LogP contribution is 2.27. The monoisotopic (exact) mass is 591 g/mol. The van der Waals surface area contributed by atoms with Crippen molar-refractivity contribution in [2.45, 2.75) is 37.5 Å². The van der Waals surface area contributed by atoms with Crippen molar-refractivity contribution in [3.63, 3.8) is 0 Å². The fraction of sp³-hybridized carbons (Fsp3) is 0.452. The lowest BCUT2D eigenvalue weighted by Gasteiger charge is -2.26. The first-order valence-corrected chi connectivity index (χ1v) is 16.1. The van der Waals surface area contributed by atoms with Crippen molar-refractivity contribution in [2.24, 2.45) is 0 Å². The zero-order valence-corrected chi connectivity index (χ0v) is 24.5. The zero-order chi connectivity index (χ0) is 29.2. The van der Waals surface area contributed by atoms with Crippen LogP contribution in [-0.4, -0.2) is 82.0 Å². The quantitative estimate of drug-likeness (QED) is 0.316. The van der Waals surface area contributed by atoms with Gasteiger partial charge in [0.1, 0.15) is 23.7 Å². The summed E-state index contributed by atoms with van der Waals surface area (Å²) in [5.74, 6) is 1.15. The molecule has 5 rings (SSSR count). The van der Waals surface area contributed by atoms with E-state index in [1.54, 1.807) is 12.3 Å². The van der Waals surface area contributed by atoms with E-state index < -0.39 is 10.0 Å². The molecule has 2 aliphatic rings. The summed E-state index contributed by atoms with van der Waals surface area (Å²) in [7, 11) is -3.42. The van der Waals surface area contributed by atoms with E-state index in [1.807, 2.05) is 42.5 Å². The molecule has 3 aromatic rings. The van der Waals surface area contributed by atoms with Crippen molar-refractivity contribution in [3.05, 3.63) is 77.2 Å². The predicted molar refractivity (Wildman–Crippen MR) is 158 cm³/mol. The van der Waals surface area contributed by atoms with E-state index in [0.29, 0.717) is 43.3 Å². The van der Waals surface area contributed by atoms with E-state index in [9.17, 15) is 13.7 Å². The molecule has 0 radical (unpaired) electrons. The third-order valence-corrected chi connectivity index (χ3v) is 8.74. The van der Waals surface area contributed by atoms with Crippen LogP contribution in [0.3, 0.4) is 0 Å². The van der Waals surface area contributed by atoms with Crippen LogP contribution in [0.25, 0.3) is 11.3 Å². The minimum Gasteiger partial charge on any atom is -0.489 e. The molecule has 3 heterocycles. The van der Waals surface area contributed by atoms with Crippen LogP contribution < -0.4 is 9.46 Å². The number of morpholine rings is 1. The summed E-state index contributed by atoms with van der Waals surface area (Å²) < 4.78 is 44.7. The fourth-order valence-electron chi connectivity index (χ4n) is 5.06. The van der Waals surface area contributed by atoms with Gasteiger partial charge in [-0.2, -0.15) is 5.26 Å². The maximum atomic E-state index is 12.6. The molecule has 0 aliphatic carbocycles. The Hall–Kier alpha value is -3.40. The van der Waals surface area contributed by atoms with Gasteiger partial charge in [-0.1, -0.05) is 24.3 Å². The Labute approximate surface area is 247 Å². The molecule has 2 fully saturated rings. The van der Waals surface area contributed by atoms with Gasteiger partial charge in [0.2, 0.25) is 10.0 Å². The van der Waals surface area contributed by atoms with Gasteiger partial charge < -0.3 is 14.2 Å². The predicted octanol–water partition coefficient (Wildman–Crippen LogP) is 3.31. The van der Waals surface area contributed by atoms with Crippen LogP contribution in [0.15, 0.2) is 54.7 Å². The van der Waals surface area contributed by atoms with Crippen molar-refractivity contribution in [1.82, 2.24) is 19.6 Å². The first-order valence-electron chi connectivity index (χ1n) is 14.4. The smallest absolute Gasteiger partial charge is 0.215 e. The highest BCUT2D eigenvalue weighted by molar-refractivity contribution is 7.88. The van der Waals surface area contributed by atoms with E-state index in [-0.39, 0.29) is 11.9 Å². The SMILES string of the molecule is N#Cc1cc(-c2ccnc(Cc3ccc(CS(=O)(=O)NCCCN4CCOCC4)cc3)n2)ccc1OC1CCOCC1. The number of nitriles is 1. The molecule has 2 saturated heterocycles. The number of hydrogen-bond acceptors (Lipinski definition) is 9. The number of ether oxygens (including phenoxy) is 3. The van der Waals surface area contributed by atoms with Gasteiger partial charge in [0, 0.05) is 50.7 Å². The van der Waals surface area contributed by atoms with Gasteiger partial charge in [-0.05, 0) is 48.4 Å². The molecule has 0 unspecified atom stereocenters. The van der Waals surface area contributed by atoms with Gasteiger partial charge in [0.15, 0.2) is 0 Å². The summed E-state index contributed by atoms with van der Waals surface area (Å²) >= 11 is 0. The summed E-state index contributed by atoms with van der Waals surface area (Å²) in [6.45, 7) is 5.90. The molecule has 2 aliphatic heterocycles. The second-order valence-electron chi connectivity index (χ2n) is 10.6. The average Bonchev–Trinajstić information content (AvgIpc) is 3.01. The van der Waals surface area contributed by atoms with Crippen LogP contribution in [0.2, 0.25) is 0 Å². The van der Waals surface area contributed by atoms with Gasteiger partial charge in [0.25, 0.3) is 0 Å². The van der Waals surface area contributed by atoms with E-state index in [4.69, 9.17) is 19.2 Å². The number of aromatic nitrogens is 2. The summed E-state index contributed by atoms with van der Waals surface area (Å²) in [5.41, 5.74) is 3.70. The summed E-state index contributed by atoms with van der Waals surface area (Å²) in [6, 6.07) is 17.1. The Bertz CT molecular complexity index is 1460. The first kappa shape index (κ1) is 30.1. The largest absolute Gasteiger partial charge is 0.489 e. The van der Waals surface area contributed by atoms with Gasteiger partial charge in [0.05, 0.1) is 43.4 Å². The molecule has 0 saturated carbocycles. The number of nitrogens with zero attached hydrogens (tertiary/aromatic N) is 4. The molecule has 2 aromatic carbocycles. The van der Waals surface area contributed by atoms with Crippen LogP contribution in [0.1, 0.15) is 41.8 Å².